The van der Waals surface area contributed by atoms with Gasteiger partial charge in [0, 0.05) is 11.9 Å². The Hall–Kier alpha value is -0.218. The van der Waals surface area contributed by atoms with Crippen LogP contribution in [0.15, 0.2) is 0 Å². The molecule has 2 N–H and O–H groups in total. The smallest absolute Gasteiger partial charge is 0.550 e. The predicted octanol–water partition coefficient (Wildman–Crippen LogP) is 7.93. The number of carbonyl (C=O) groups is 2. The molecule has 0 fully saturated rings. The van der Waals surface area contributed by atoms with E-state index in [1.54, 1.807) is 0 Å². The Morgan fingerprint density at radius 3 is 0.860 bits per heavy atom. The van der Waals surface area contributed by atoms with Crippen LogP contribution < -0.4 is 10.2 Å². The summed E-state index contributed by atoms with van der Waals surface area (Å²) in [7, 11) is 0. The topological polar surface area (TPSA) is 121 Å². The van der Waals surface area contributed by atoms with Crippen LogP contribution in [0.4, 0.5) is 0 Å². The minimum Gasteiger partial charge on any atom is -0.550 e. The Morgan fingerprint density at radius 2 is 0.628 bits per heavy atom. The van der Waals surface area contributed by atoms with Gasteiger partial charge in [-0.25, -0.2) is 0 Å². The van der Waals surface area contributed by atoms with E-state index in [1.165, 1.54) is 89.9 Å². The summed E-state index contributed by atoms with van der Waals surface area (Å²) in [5.74, 6) is -1.91. The number of hydrogen-bond donors (Lipinski definition) is 2. The van der Waals surface area contributed by atoms with E-state index in [4.69, 9.17) is 0 Å². The molecule has 252 valence electrons. The van der Waals surface area contributed by atoms with Gasteiger partial charge in [0.1, 0.15) is 0 Å². The maximum atomic E-state index is 10.2. The summed E-state index contributed by atoms with van der Waals surface area (Å²) in [6.45, 7) is 4.48. The molecule has 2 atom stereocenters. The summed E-state index contributed by atoms with van der Waals surface area (Å²) >= 11 is 0. The fourth-order valence-electron chi connectivity index (χ4n) is 5.32. The van der Waals surface area contributed by atoms with Gasteiger partial charge in [0.25, 0.3) is 0 Å². The second-order valence-electron chi connectivity index (χ2n) is 12.5. The van der Waals surface area contributed by atoms with Crippen LogP contribution in [0.5, 0.6) is 0 Å². The zero-order valence-electron chi connectivity index (χ0n) is 28.6. The minimum absolute atomic E-state index is 0. The third kappa shape index (κ3) is 46.3. The Kier molecular flexibility index (Phi) is 43.7. The number of carbonyl (C=O) groups excluding carboxylic acids is 2. The molecule has 0 saturated carbocycles. The van der Waals surface area contributed by atoms with Crippen molar-refractivity contribution in [2.45, 2.75) is 219 Å². The summed E-state index contributed by atoms with van der Waals surface area (Å²) in [5, 5.41) is 40.2. The first kappa shape index (κ1) is 47.2. The molecule has 0 spiro atoms. The second-order valence-corrected chi connectivity index (χ2v) is 12.5. The molecule has 0 rings (SSSR count). The van der Waals surface area contributed by atoms with E-state index in [1.807, 2.05) is 0 Å². The van der Waals surface area contributed by atoms with Gasteiger partial charge in [-0.3, -0.25) is 0 Å². The average Bonchev–Trinajstić information content (AvgIpc) is 2.95. The molecule has 43 heavy (non-hydrogen) atoms. The Labute approximate surface area is 286 Å². The molecule has 0 aromatic rings. The SMILES string of the molecule is CCCCCCCCCCC(O)CCCCCCC(=O)[O-].CCCCCCCCCCC(O)CCCCCCC(=O)[O-].[Cd+2]. The molecule has 2 unspecified atom stereocenters. The van der Waals surface area contributed by atoms with Crippen LogP contribution in [0, 0.1) is 0 Å². The Morgan fingerprint density at radius 1 is 0.419 bits per heavy atom. The molecule has 0 bridgehead atoms. The van der Waals surface area contributed by atoms with E-state index in [0.717, 1.165) is 77.0 Å². The number of unbranched alkanes of at least 4 members (excludes halogenated alkanes) is 20. The minimum atomic E-state index is -0.954. The molecular formula is C36H70CdO6. The van der Waals surface area contributed by atoms with Crippen molar-refractivity contribution in [2.24, 2.45) is 0 Å². The maximum absolute atomic E-state index is 10.2. The largest absolute Gasteiger partial charge is 2.00 e. The van der Waals surface area contributed by atoms with Crippen LogP contribution in [-0.2, 0) is 36.9 Å². The standard InChI is InChI=1S/2C18H36O3.Cd/c2*1-2-3-4-5-6-7-8-11-14-17(19)15-12-9-10-13-16-18(20)21;/h2*17,19H,2-16H2,1H3,(H,20,21);/q;;+2/p-2. The molecule has 0 amide bonds. The van der Waals surface area contributed by atoms with Crippen molar-refractivity contribution in [3.8, 4) is 0 Å². The van der Waals surface area contributed by atoms with E-state index < -0.39 is 11.9 Å². The zero-order valence-corrected chi connectivity index (χ0v) is 32.6. The van der Waals surface area contributed by atoms with Gasteiger partial charge in [0.2, 0.25) is 0 Å². The van der Waals surface area contributed by atoms with Gasteiger partial charge in [-0.1, -0.05) is 155 Å². The van der Waals surface area contributed by atoms with Crippen LogP contribution in [0.1, 0.15) is 206 Å². The number of aliphatic hydroxyl groups is 2. The second kappa shape index (κ2) is 39.8. The molecule has 6 nitrogen and oxygen atoms in total. The van der Waals surface area contributed by atoms with Crippen molar-refractivity contribution in [3.05, 3.63) is 0 Å². The number of carboxylic acids is 2. The fourth-order valence-corrected chi connectivity index (χ4v) is 5.32. The number of rotatable bonds is 32. The van der Waals surface area contributed by atoms with Gasteiger partial charge in [-0.2, -0.15) is 0 Å². The number of carboxylic acid groups (broad SMARTS) is 2. The van der Waals surface area contributed by atoms with E-state index in [9.17, 15) is 30.0 Å². The Balaban J connectivity index is -0.000000727. The van der Waals surface area contributed by atoms with E-state index in [2.05, 4.69) is 13.8 Å². The summed E-state index contributed by atoms with van der Waals surface area (Å²) in [4.78, 5) is 20.5. The number of aliphatic carboxylic acids is 2. The van der Waals surface area contributed by atoms with Gasteiger partial charge in [-0.05, 0) is 51.4 Å². The molecule has 0 heterocycles. The van der Waals surface area contributed by atoms with E-state index >= 15 is 0 Å². The van der Waals surface area contributed by atoms with Crippen LogP contribution in [0.25, 0.3) is 0 Å². The van der Waals surface area contributed by atoms with Crippen molar-refractivity contribution in [2.75, 3.05) is 0 Å². The van der Waals surface area contributed by atoms with Crippen molar-refractivity contribution in [1.82, 2.24) is 0 Å². The first-order valence-corrected chi connectivity index (χ1v) is 18.1. The Bertz CT molecular complexity index is 512. The summed E-state index contributed by atoms with van der Waals surface area (Å²) < 4.78 is 0. The van der Waals surface area contributed by atoms with Crippen LogP contribution in [-0.4, -0.2) is 34.4 Å². The molecule has 0 radical (unpaired) electrons. The van der Waals surface area contributed by atoms with Gasteiger partial charge in [-0.15, -0.1) is 0 Å². The van der Waals surface area contributed by atoms with Crippen LogP contribution in [0.3, 0.4) is 0 Å². The monoisotopic (exact) mass is 712 g/mol. The van der Waals surface area contributed by atoms with Crippen LogP contribution in [0.2, 0.25) is 0 Å². The average molecular weight is 711 g/mol. The molecule has 0 aliphatic carbocycles. The van der Waals surface area contributed by atoms with Crippen molar-refractivity contribution in [1.29, 1.82) is 0 Å². The van der Waals surface area contributed by atoms with Crippen molar-refractivity contribution >= 4 is 11.9 Å². The van der Waals surface area contributed by atoms with Crippen molar-refractivity contribution in [3.63, 3.8) is 0 Å². The number of aliphatic hydroxyl groups excluding tert-OH is 2. The summed E-state index contributed by atoms with van der Waals surface area (Å²) in [6.07, 6.45) is 31.8. The molecule has 0 aromatic carbocycles. The summed E-state index contributed by atoms with van der Waals surface area (Å²) in [6, 6.07) is 0. The van der Waals surface area contributed by atoms with Gasteiger partial charge in [0.15, 0.2) is 0 Å². The molecular weight excluding hydrogens is 641 g/mol. The first-order valence-electron chi connectivity index (χ1n) is 18.1. The van der Waals surface area contributed by atoms with Gasteiger partial charge >= 0.3 is 27.3 Å². The summed E-state index contributed by atoms with van der Waals surface area (Å²) in [5.41, 5.74) is 0. The van der Waals surface area contributed by atoms with Crippen LogP contribution >= 0.6 is 0 Å². The van der Waals surface area contributed by atoms with E-state index in [-0.39, 0.29) is 52.3 Å². The van der Waals surface area contributed by atoms with Crippen molar-refractivity contribution < 1.29 is 57.3 Å². The first-order chi connectivity index (χ1) is 20.3. The fraction of sp³-hybridized carbons (Fsp3) is 0.944. The molecule has 0 saturated heterocycles. The predicted molar refractivity (Wildman–Crippen MR) is 172 cm³/mol. The quantitative estimate of drug-likeness (QED) is 0.0540. The normalized spacial score (nSPS) is 12.2. The molecule has 0 aliphatic rings. The zero-order chi connectivity index (χ0) is 31.5. The third-order valence-electron chi connectivity index (χ3n) is 8.12. The van der Waals surface area contributed by atoms with Gasteiger partial charge < -0.3 is 30.0 Å². The van der Waals surface area contributed by atoms with E-state index in [0.29, 0.717) is 12.8 Å². The molecule has 7 heteroatoms. The third-order valence-corrected chi connectivity index (χ3v) is 8.12. The number of hydrogen-bond acceptors (Lipinski definition) is 6. The molecule has 0 aliphatic heterocycles. The maximum Gasteiger partial charge on any atom is 2.00 e. The van der Waals surface area contributed by atoms with Gasteiger partial charge in [0.05, 0.1) is 12.2 Å². The molecule has 0 aromatic heterocycles.